The monoisotopic (exact) mass is 445 g/mol. The van der Waals surface area contributed by atoms with Gasteiger partial charge in [0.2, 0.25) is 0 Å². The predicted molar refractivity (Wildman–Crippen MR) is 125 cm³/mol. The van der Waals surface area contributed by atoms with Crippen molar-refractivity contribution in [3.05, 3.63) is 93.9 Å². The number of hydrogen-bond acceptors (Lipinski definition) is 6. The summed E-state index contributed by atoms with van der Waals surface area (Å²) in [4.78, 5) is 27.1. The van der Waals surface area contributed by atoms with Gasteiger partial charge in [-0.15, -0.1) is 11.3 Å². The van der Waals surface area contributed by atoms with E-state index >= 15 is 0 Å². The van der Waals surface area contributed by atoms with Crippen LogP contribution in [0.15, 0.2) is 78.2 Å². The number of nitro groups is 1. The van der Waals surface area contributed by atoms with Gasteiger partial charge in [0.25, 0.3) is 11.6 Å². The zero-order chi connectivity index (χ0) is 22.5. The van der Waals surface area contributed by atoms with E-state index in [1.807, 2.05) is 47.8 Å². The molecule has 0 atom stereocenters. The number of amides is 1. The molecule has 160 valence electrons. The number of benzene rings is 3. The second-order valence-corrected chi connectivity index (χ2v) is 7.88. The van der Waals surface area contributed by atoms with Gasteiger partial charge in [-0.1, -0.05) is 54.6 Å². The Morgan fingerprint density at radius 2 is 1.72 bits per heavy atom. The molecule has 0 aliphatic carbocycles. The van der Waals surface area contributed by atoms with E-state index in [0.29, 0.717) is 16.4 Å². The molecule has 1 heterocycles. The van der Waals surface area contributed by atoms with Crippen molar-refractivity contribution in [2.24, 2.45) is 0 Å². The third kappa shape index (κ3) is 4.98. The highest BCUT2D eigenvalue weighted by Crippen LogP contribution is 2.28. The summed E-state index contributed by atoms with van der Waals surface area (Å²) in [6.07, 6.45) is 0. The zero-order valence-corrected chi connectivity index (χ0v) is 18.0. The summed E-state index contributed by atoms with van der Waals surface area (Å²) >= 11 is 1.33. The molecule has 0 saturated heterocycles. The van der Waals surface area contributed by atoms with E-state index < -0.39 is 4.92 Å². The minimum Gasteiger partial charge on any atom is -0.483 e. The maximum atomic E-state index is 12.2. The molecule has 1 N–H and O–H groups in total. The van der Waals surface area contributed by atoms with Crippen LogP contribution >= 0.6 is 11.3 Å². The Bertz CT molecular complexity index is 1250. The average Bonchev–Trinajstić information content (AvgIpc) is 3.27. The maximum Gasteiger partial charge on any atom is 0.269 e. The summed E-state index contributed by atoms with van der Waals surface area (Å²) in [5, 5.41) is 15.9. The Morgan fingerprint density at radius 3 is 2.41 bits per heavy atom. The summed E-state index contributed by atoms with van der Waals surface area (Å²) in [7, 11) is 0. The minimum atomic E-state index is -0.473. The van der Waals surface area contributed by atoms with Gasteiger partial charge < -0.3 is 4.74 Å². The van der Waals surface area contributed by atoms with Crippen LogP contribution in [-0.2, 0) is 4.79 Å². The number of carbonyl (C=O) groups is 1. The first-order valence-electron chi connectivity index (χ1n) is 9.79. The van der Waals surface area contributed by atoms with Crippen molar-refractivity contribution in [2.75, 3.05) is 11.9 Å². The molecular formula is C24H19N3O4S. The van der Waals surface area contributed by atoms with Crippen LogP contribution in [0.5, 0.6) is 5.75 Å². The number of nitrogens with one attached hydrogen (secondary N) is 1. The Hall–Kier alpha value is -4.04. The Kier molecular flexibility index (Phi) is 6.23. The Balaban J connectivity index is 1.36. The first-order chi connectivity index (χ1) is 15.5. The van der Waals surface area contributed by atoms with Crippen LogP contribution < -0.4 is 10.1 Å². The maximum absolute atomic E-state index is 12.2. The molecule has 4 rings (SSSR count). The molecule has 0 aliphatic heterocycles. The van der Waals surface area contributed by atoms with Gasteiger partial charge in [0, 0.05) is 23.1 Å². The molecule has 0 aliphatic rings. The standard InChI is InChI=1S/C24H19N3O4S/c1-16-13-20(27(29)30)11-12-22(16)31-14-23(28)26-24-25-21(15-32-24)19-9-7-18(8-10-19)17-5-3-2-4-6-17/h2-13,15H,14H2,1H3,(H,25,26,28). The highest BCUT2D eigenvalue weighted by Gasteiger charge is 2.12. The lowest BCUT2D eigenvalue weighted by molar-refractivity contribution is -0.384. The molecule has 0 spiro atoms. The van der Waals surface area contributed by atoms with Crippen molar-refractivity contribution < 1.29 is 14.5 Å². The number of nitrogens with zero attached hydrogens (tertiary/aromatic N) is 2. The van der Waals surface area contributed by atoms with E-state index in [1.54, 1.807) is 6.92 Å². The van der Waals surface area contributed by atoms with Crippen LogP contribution in [0, 0.1) is 17.0 Å². The predicted octanol–water partition coefficient (Wildman–Crippen LogP) is 5.71. The van der Waals surface area contributed by atoms with Crippen molar-refractivity contribution in [3.63, 3.8) is 0 Å². The van der Waals surface area contributed by atoms with Crippen molar-refractivity contribution in [1.82, 2.24) is 4.98 Å². The number of ether oxygens (including phenoxy) is 1. The number of anilines is 1. The summed E-state index contributed by atoms with van der Waals surface area (Å²) in [5.74, 6) is 0.0622. The quantitative estimate of drug-likeness (QED) is 0.290. The zero-order valence-electron chi connectivity index (χ0n) is 17.1. The van der Waals surface area contributed by atoms with Gasteiger partial charge in [-0.3, -0.25) is 20.2 Å². The van der Waals surface area contributed by atoms with Gasteiger partial charge in [-0.05, 0) is 29.7 Å². The number of hydrogen-bond donors (Lipinski definition) is 1. The van der Waals surface area contributed by atoms with Gasteiger partial charge in [0.15, 0.2) is 11.7 Å². The fourth-order valence-corrected chi connectivity index (χ4v) is 3.87. The third-order valence-corrected chi connectivity index (χ3v) is 5.52. The molecule has 7 nitrogen and oxygen atoms in total. The first kappa shape index (κ1) is 21.2. The number of nitro benzene ring substituents is 1. The molecular weight excluding hydrogens is 426 g/mol. The summed E-state index contributed by atoms with van der Waals surface area (Å²) in [6, 6.07) is 22.5. The first-order valence-corrected chi connectivity index (χ1v) is 10.7. The lowest BCUT2D eigenvalue weighted by Crippen LogP contribution is -2.20. The fourth-order valence-electron chi connectivity index (χ4n) is 3.14. The number of aryl methyl sites for hydroxylation is 1. The van der Waals surface area contributed by atoms with Gasteiger partial charge in [0.05, 0.1) is 10.6 Å². The summed E-state index contributed by atoms with van der Waals surface area (Å²) < 4.78 is 5.49. The largest absolute Gasteiger partial charge is 0.483 e. The van der Waals surface area contributed by atoms with E-state index in [4.69, 9.17) is 4.74 Å². The van der Waals surface area contributed by atoms with Gasteiger partial charge >= 0.3 is 0 Å². The Morgan fingerprint density at radius 1 is 1.03 bits per heavy atom. The van der Waals surface area contributed by atoms with Crippen molar-refractivity contribution >= 4 is 28.1 Å². The van der Waals surface area contributed by atoms with Crippen LogP contribution in [0.1, 0.15) is 5.56 Å². The van der Waals surface area contributed by atoms with Gasteiger partial charge in [0.1, 0.15) is 5.75 Å². The average molecular weight is 446 g/mol. The highest BCUT2D eigenvalue weighted by molar-refractivity contribution is 7.14. The lowest BCUT2D eigenvalue weighted by Gasteiger charge is -2.08. The normalized spacial score (nSPS) is 10.5. The van der Waals surface area contributed by atoms with Crippen molar-refractivity contribution in [3.8, 4) is 28.1 Å². The summed E-state index contributed by atoms with van der Waals surface area (Å²) in [6.45, 7) is 1.47. The number of rotatable bonds is 7. The van der Waals surface area contributed by atoms with Crippen LogP contribution in [0.3, 0.4) is 0 Å². The molecule has 8 heteroatoms. The van der Waals surface area contributed by atoms with E-state index in [-0.39, 0.29) is 18.2 Å². The Labute approximate surface area is 188 Å². The van der Waals surface area contributed by atoms with Gasteiger partial charge in [-0.2, -0.15) is 0 Å². The number of carbonyl (C=O) groups excluding carboxylic acids is 1. The molecule has 0 bridgehead atoms. The SMILES string of the molecule is Cc1cc([N+](=O)[O-])ccc1OCC(=O)Nc1nc(-c2ccc(-c3ccccc3)cc2)cs1. The fraction of sp³-hybridized carbons (Fsp3) is 0.0833. The second-order valence-electron chi connectivity index (χ2n) is 7.03. The molecule has 1 amide bonds. The van der Waals surface area contributed by atoms with Crippen LogP contribution in [0.4, 0.5) is 10.8 Å². The summed E-state index contributed by atoms with van der Waals surface area (Å²) in [5.41, 5.74) is 4.57. The van der Waals surface area contributed by atoms with E-state index in [0.717, 1.165) is 22.4 Å². The van der Waals surface area contributed by atoms with Gasteiger partial charge in [-0.25, -0.2) is 4.98 Å². The number of non-ortho nitro benzene ring substituents is 1. The van der Waals surface area contributed by atoms with Crippen LogP contribution in [0.25, 0.3) is 22.4 Å². The number of thiazole rings is 1. The van der Waals surface area contributed by atoms with E-state index in [2.05, 4.69) is 22.4 Å². The minimum absolute atomic E-state index is 0.0218. The smallest absolute Gasteiger partial charge is 0.269 e. The second kappa shape index (κ2) is 9.40. The molecule has 1 aromatic heterocycles. The molecule has 4 aromatic rings. The molecule has 0 saturated carbocycles. The lowest BCUT2D eigenvalue weighted by atomic mass is 10.0. The third-order valence-electron chi connectivity index (χ3n) is 4.77. The molecule has 0 radical (unpaired) electrons. The topological polar surface area (TPSA) is 94.4 Å². The van der Waals surface area contributed by atoms with Crippen LogP contribution in [-0.4, -0.2) is 22.4 Å². The van der Waals surface area contributed by atoms with Crippen LogP contribution in [0.2, 0.25) is 0 Å². The molecule has 3 aromatic carbocycles. The molecule has 32 heavy (non-hydrogen) atoms. The number of aromatic nitrogens is 1. The molecule has 0 unspecified atom stereocenters. The van der Waals surface area contributed by atoms with E-state index in [9.17, 15) is 14.9 Å². The van der Waals surface area contributed by atoms with E-state index in [1.165, 1.54) is 29.5 Å². The molecule has 0 fully saturated rings. The highest BCUT2D eigenvalue weighted by atomic mass is 32.1. The van der Waals surface area contributed by atoms with Crippen molar-refractivity contribution in [1.29, 1.82) is 0 Å². The van der Waals surface area contributed by atoms with Crippen molar-refractivity contribution in [2.45, 2.75) is 6.92 Å².